The van der Waals surface area contributed by atoms with E-state index in [0.717, 1.165) is 0 Å². The highest BCUT2D eigenvalue weighted by atomic mass is 16.7. The van der Waals surface area contributed by atoms with Crippen molar-refractivity contribution in [3.05, 3.63) is 12.2 Å². The molecule has 0 saturated carbocycles. The van der Waals surface area contributed by atoms with E-state index in [-0.39, 0.29) is 6.61 Å². The highest BCUT2D eigenvalue weighted by Gasteiger charge is 2.51. The van der Waals surface area contributed by atoms with Crippen LogP contribution in [0.2, 0.25) is 0 Å². The largest absolute Gasteiger partial charge is 0.463 e. The summed E-state index contributed by atoms with van der Waals surface area (Å²) < 4.78 is 26.6. The molecule has 5 atom stereocenters. The fraction of sp³-hybridized carbons (Fsp3) is 0.647. The van der Waals surface area contributed by atoms with E-state index >= 15 is 0 Å². The second kappa shape index (κ2) is 9.91. The number of carbonyl (C=O) groups is 4. The lowest BCUT2D eigenvalue weighted by Crippen LogP contribution is -2.61. The van der Waals surface area contributed by atoms with Crippen LogP contribution in [0.3, 0.4) is 0 Å². The summed E-state index contributed by atoms with van der Waals surface area (Å²) in [4.78, 5) is 45.7. The standard InChI is InChI=1S/C17H24O9/c1-6-7-13-15(23-10(3)19)17(25-12(5)21)16(24-11(4)20)14(26-13)8-22-9(2)18/h6-7,13-17H,8H2,1-5H3/b7-6-/t13-,14?,15?,16-,17+/m0/s1. The van der Waals surface area contributed by atoms with E-state index in [1.165, 1.54) is 27.7 Å². The highest BCUT2D eigenvalue weighted by molar-refractivity contribution is 5.68. The molecule has 0 aromatic rings. The van der Waals surface area contributed by atoms with Crippen molar-refractivity contribution in [2.75, 3.05) is 6.61 Å². The van der Waals surface area contributed by atoms with Crippen molar-refractivity contribution in [3.8, 4) is 0 Å². The van der Waals surface area contributed by atoms with Crippen molar-refractivity contribution in [2.24, 2.45) is 0 Å². The average molecular weight is 372 g/mol. The monoisotopic (exact) mass is 372 g/mol. The van der Waals surface area contributed by atoms with E-state index < -0.39 is 54.4 Å². The van der Waals surface area contributed by atoms with Crippen LogP contribution in [-0.2, 0) is 42.9 Å². The fourth-order valence-corrected chi connectivity index (χ4v) is 2.61. The van der Waals surface area contributed by atoms with Crippen LogP contribution in [0.4, 0.5) is 0 Å². The summed E-state index contributed by atoms with van der Waals surface area (Å²) in [6, 6.07) is 0. The van der Waals surface area contributed by atoms with Crippen LogP contribution in [0, 0.1) is 0 Å². The number of rotatable bonds is 6. The topological polar surface area (TPSA) is 114 Å². The lowest BCUT2D eigenvalue weighted by molar-refractivity contribution is -0.244. The third-order valence-corrected chi connectivity index (χ3v) is 3.41. The summed E-state index contributed by atoms with van der Waals surface area (Å²) >= 11 is 0. The Bertz CT molecular complexity index is 569. The van der Waals surface area contributed by atoms with Gasteiger partial charge in [0.05, 0.1) is 0 Å². The number of ether oxygens (including phenoxy) is 5. The van der Waals surface area contributed by atoms with Gasteiger partial charge in [-0.1, -0.05) is 12.2 Å². The number of esters is 4. The SMILES string of the molecule is C/C=C\[C@@H]1OC(COC(C)=O)[C@H](OC(C)=O)[C@H](OC(C)=O)C1OC(C)=O. The summed E-state index contributed by atoms with van der Waals surface area (Å²) in [6.07, 6.45) is -1.72. The Morgan fingerprint density at radius 2 is 1.31 bits per heavy atom. The van der Waals surface area contributed by atoms with E-state index in [0.29, 0.717) is 0 Å². The first-order valence-corrected chi connectivity index (χ1v) is 8.09. The van der Waals surface area contributed by atoms with Crippen molar-refractivity contribution in [1.82, 2.24) is 0 Å². The first kappa shape index (κ1) is 21.6. The molecule has 1 aliphatic heterocycles. The predicted molar refractivity (Wildman–Crippen MR) is 86.8 cm³/mol. The molecule has 1 aliphatic rings. The minimum Gasteiger partial charge on any atom is -0.463 e. The molecule has 1 heterocycles. The summed E-state index contributed by atoms with van der Waals surface area (Å²) in [5.41, 5.74) is 0. The van der Waals surface area contributed by atoms with Gasteiger partial charge in [-0.25, -0.2) is 0 Å². The molecule has 0 radical (unpaired) electrons. The zero-order chi connectivity index (χ0) is 19.9. The maximum absolute atomic E-state index is 11.6. The summed E-state index contributed by atoms with van der Waals surface area (Å²) in [5.74, 6) is -2.49. The molecule has 0 aromatic carbocycles. The Labute approximate surface area is 151 Å². The van der Waals surface area contributed by atoms with Crippen LogP contribution in [0.5, 0.6) is 0 Å². The first-order chi connectivity index (χ1) is 12.1. The molecule has 0 N–H and O–H groups in total. The normalized spacial score (nSPS) is 28.3. The molecule has 1 fully saturated rings. The second-order valence-corrected chi connectivity index (χ2v) is 5.69. The average Bonchev–Trinajstić information content (AvgIpc) is 2.50. The van der Waals surface area contributed by atoms with Gasteiger partial charge in [0.15, 0.2) is 18.3 Å². The molecular formula is C17H24O9. The van der Waals surface area contributed by atoms with Gasteiger partial charge in [-0.2, -0.15) is 0 Å². The predicted octanol–water partition coefficient (Wildman–Crippen LogP) is 0.688. The van der Waals surface area contributed by atoms with Gasteiger partial charge in [0, 0.05) is 27.7 Å². The van der Waals surface area contributed by atoms with Gasteiger partial charge in [0.2, 0.25) is 0 Å². The molecule has 9 heteroatoms. The van der Waals surface area contributed by atoms with E-state index in [2.05, 4.69) is 0 Å². The van der Waals surface area contributed by atoms with Crippen LogP contribution in [-0.4, -0.2) is 61.0 Å². The van der Waals surface area contributed by atoms with Gasteiger partial charge < -0.3 is 23.7 Å². The van der Waals surface area contributed by atoms with Gasteiger partial charge in [0.25, 0.3) is 0 Å². The smallest absolute Gasteiger partial charge is 0.303 e. The number of allylic oxidation sites excluding steroid dienone is 1. The quantitative estimate of drug-likeness (QED) is 0.377. The molecule has 9 nitrogen and oxygen atoms in total. The van der Waals surface area contributed by atoms with Crippen molar-refractivity contribution in [1.29, 1.82) is 0 Å². The van der Waals surface area contributed by atoms with Gasteiger partial charge >= 0.3 is 23.9 Å². The number of hydrogen-bond acceptors (Lipinski definition) is 9. The maximum Gasteiger partial charge on any atom is 0.303 e. The van der Waals surface area contributed by atoms with Gasteiger partial charge in [0.1, 0.15) is 18.8 Å². The molecule has 146 valence electrons. The van der Waals surface area contributed by atoms with Crippen molar-refractivity contribution < 1.29 is 42.9 Å². The van der Waals surface area contributed by atoms with Gasteiger partial charge in [-0.15, -0.1) is 0 Å². The molecule has 0 amide bonds. The molecule has 0 bridgehead atoms. The first-order valence-electron chi connectivity index (χ1n) is 8.09. The molecule has 1 rings (SSSR count). The maximum atomic E-state index is 11.6. The Morgan fingerprint density at radius 1 is 0.808 bits per heavy atom. The van der Waals surface area contributed by atoms with E-state index in [1.807, 2.05) is 0 Å². The second-order valence-electron chi connectivity index (χ2n) is 5.69. The molecular weight excluding hydrogens is 348 g/mol. The summed E-state index contributed by atoms with van der Waals surface area (Å²) in [6.45, 7) is 6.27. The van der Waals surface area contributed by atoms with Gasteiger partial charge in [-0.3, -0.25) is 19.2 Å². The van der Waals surface area contributed by atoms with Crippen LogP contribution in [0.1, 0.15) is 34.6 Å². The van der Waals surface area contributed by atoms with Crippen LogP contribution >= 0.6 is 0 Å². The Hall–Kier alpha value is -2.42. The fourth-order valence-electron chi connectivity index (χ4n) is 2.61. The third kappa shape index (κ3) is 6.47. The van der Waals surface area contributed by atoms with Crippen molar-refractivity contribution in [2.45, 2.75) is 65.1 Å². The highest BCUT2D eigenvalue weighted by Crippen LogP contribution is 2.29. The molecule has 2 unspecified atom stereocenters. The zero-order valence-corrected chi connectivity index (χ0v) is 15.4. The molecule has 26 heavy (non-hydrogen) atoms. The van der Waals surface area contributed by atoms with E-state index in [1.54, 1.807) is 19.1 Å². The van der Waals surface area contributed by atoms with Crippen molar-refractivity contribution in [3.63, 3.8) is 0 Å². The van der Waals surface area contributed by atoms with Crippen molar-refractivity contribution >= 4 is 23.9 Å². The summed E-state index contributed by atoms with van der Waals surface area (Å²) in [5, 5.41) is 0. The molecule has 1 saturated heterocycles. The van der Waals surface area contributed by atoms with Crippen LogP contribution < -0.4 is 0 Å². The Balaban J connectivity index is 3.26. The Kier molecular flexibility index (Phi) is 8.24. The van der Waals surface area contributed by atoms with Crippen LogP contribution in [0.25, 0.3) is 0 Å². The minimum absolute atomic E-state index is 0.230. The zero-order valence-electron chi connectivity index (χ0n) is 15.4. The molecule has 0 aliphatic carbocycles. The number of carbonyl (C=O) groups excluding carboxylic acids is 4. The lowest BCUT2D eigenvalue weighted by atomic mass is 9.94. The summed E-state index contributed by atoms with van der Waals surface area (Å²) in [7, 11) is 0. The van der Waals surface area contributed by atoms with Crippen LogP contribution in [0.15, 0.2) is 12.2 Å². The minimum atomic E-state index is -1.13. The third-order valence-electron chi connectivity index (χ3n) is 3.41. The van der Waals surface area contributed by atoms with Gasteiger partial charge in [-0.05, 0) is 6.92 Å². The Morgan fingerprint density at radius 3 is 1.77 bits per heavy atom. The molecule has 0 spiro atoms. The van der Waals surface area contributed by atoms with E-state index in [4.69, 9.17) is 23.7 Å². The van der Waals surface area contributed by atoms with E-state index in [9.17, 15) is 19.2 Å². The lowest BCUT2D eigenvalue weighted by Gasteiger charge is -2.43. The number of hydrogen-bond donors (Lipinski definition) is 0. The molecule has 0 aromatic heterocycles.